The van der Waals surface area contributed by atoms with Gasteiger partial charge in [-0.3, -0.25) is 14.7 Å². The van der Waals surface area contributed by atoms with Crippen LogP contribution in [0.3, 0.4) is 0 Å². The number of alkyl halides is 2. The van der Waals surface area contributed by atoms with Crippen LogP contribution >= 0.6 is 0 Å². The highest BCUT2D eigenvalue weighted by molar-refractivity contribution is 5.86. The first kappa shape index (κ1) is 19.9. The van der Waals surface area contributed by atoms with Crippen LogP contribution in [0.15, 0.2) is 30.6 Å². The van der Waals surface area contributed by atoms with Crippen molar-refractivity contribution in [2.75, 3.05) is 19.6 Å². The maximum absolute atomic E-state index is 13.6. The molecular formula is C19H17F3N4O4. The molecule has 0 saturated carbocycles. The maximum Gasteiger partial charge on any atom is 0.411 e. The summed E-state index contributed by atoms with van der Waals surface area (Å²) in [7, 11) is 0. The average Bonchev–Trinajstić information content (AvgIpc) is 3.02. The summed E-state index contributed by atoms with van der Waals surface area (Å²) in [6.07, 6.45) is 2.27. The molecule has 158 valence electrons. The number of aromatic nitrogens is 2. The fraction of sp³-hybridized carbons (Fsp3) is 0.368. The van der Waals surface area contributed by atoms with Crippen molar-refractivity contribution >= 4 is 12.0 Å². The van der Waals surface area contributed by atoms with Gasteiger partial charge in [-0.1, -0.05) is 0 Å². The number of benzene rings is 1. The molecule has 2 amide bonds. The number of hydrogen-bond donors (Lipinski definition) is 0. The van der Waals surface area contributed by atoms with Gasteiger partial charge >= 0.3 is 12.7 Å². The number of carbonyl (C=O) groups excluding carboxylic acids is 2. The molecule has 11 heteroatoms. The number of likely N-dealkylation sites (tertiary alicyclic amines) is 1. The fourth-order valence-electron chi connectivity index (χ4n) is 3.17. The van der Waals surface area contributed by atoms with Gasteiger partial charge in [-0.15, -0.1) is 0 Å². The van der Waals surface area contributed by atoms with E-state index in [1.807, 2.05) is 0 Å². The number of cyclic esters (lactones) is 1. The number of hydrogen-bond acceptors (Lipinski definition) is 6. The molecule has 1 unspecified atom stereocenters. The summed E-state index contributed by atoms with van der Waals surface area (Å²) in [4.78, 5) is 35.7. The number of nitrogens with zero attached hydrogens (tertiary/aromatic N) is 4. The largest absolute Gasteiger partial charge is 0.434 e. The van der Waals surface area contributed by atoms with Crippen LogP contribution in [0.5, 0.6) is 5.75 Å². The first-order valence-electron chi connectivity index (χ1n) is 9.20. The summed E-state index contributed by atoms with van der Waals surface area (Å²) in [5.41, 5.74) is 0.991. The Balaban J connectivity index is 1.47. The van der Waals surface area contributed by atoms with Gasteiger partial charge in [-0.2, -0.15) is 8.78 Å². The zero-order valence-corrected chi connectivity index (χ0v) is 15.6. The molecule has 2 aliphatic heterocycles. The van der Waals surface area contributed by atoms with Crippen LogP contribution in [-0.4, -0.2) is 64.1 Å². The van der Waals surface area contributed by atoms with Crippen molar-refractivity contribution in [3.63, 3.8) is 0 Å². The Morgan fingerprint density at radius 2 is 2.10 bits per heavy atom. The van der Waals surface area contributed by atoms with Gasteiger partial charge in [-0.05, 0) is 24.6 Å². The number of carbonyl (C=O) groups is 2. The molecule has 1 aromatic heterocycles. The van der Waals surface area contributed by atoms with Gasteiger partial charge in [0.2, 0.25) is 0 Å². The molecular weight excluding hydrogens is 405 g/mol. The zero-order valence-electron chi connectivity index (χ0n) is 15.6. The van der Waals surface area contributed by atoms with Gasteiger partial charge in [0.15, 0.2) is 17.7 Å². The zero-order chi connectivity index (χ0) is 21.3. The van der Waals surface area contributed by atoms with Crippen molar-refractivity contribution in [2.45, 2.75) is 25.7 Å². The third-order valence-corrected chi connectivity index (χ3v) is 4.81. The van der Waals surface area contributed by atoms with Crippen LogP contribution in [0.1, 0.15) is 12.1 Å². The Morgan fingerprint density at radius 3 is 2.80 bits per heavy atom. The summed E-state index contributed by atoms with van der Waals surface area (Å²) in [5, 5.41) is 0. The smallest absolute Gasteiger partial charge is 0.411 e. The lowest BCUT2D eigenvalue weighted by atomic mass is 10.1. The number of halogens is 3. The van der Waals surface area contributed by atoms with E-state index in [4.69, 9.17) is 4.74 Å². The van der Waals surface area contributed by atoms with Crippen LogP contribution in [0.4, 0.5) is 18.0 Å². The van der Waals surface area contributed by atoms with E-state index in [0.29, 0.717) is 24.3 Å². The van der Waals surface area contributed by atoms with Crippen molar-refractivity contribution in [3.8, 4) is 17.0 Å². The van der Waals surface area contributed by atoms with Crippen LogP contribution < -0.4 is 4.74 Å². The third kappa shape index (κ3) is 4.14. The summed E-state index contributed by atoms with van der Waals surface area (Å²) in [5.74, 6) is -1.75. The lowest BCUT2D eigenvalue weighted by molar-refractivity contribution is -0.142. The van der Waals surface area contributed by atoms with E-state index in [0.717, 1.165) is 18.6 Å². The minimum absolute atomic E-state index is 0.0467. The molecule has 2 aliphatic rings. The van der Waals surface area contributed by atoms with Crippen molar-refractivity contribution in [3.05, 3.63) is 42.1 Å². The molecule has 0 radical (unpaired) electrons. The maximum atomic E-state index is 13.6. The van der Waals surface area contributed by atoms with Gasteiger partial charge in [-0.25, -0.2) is 14.2 Å². The topological polar surface area (TPSA) is 84.9 Å². The first-order chi connectivity index (χ1) is 14.4. The summed E-state index contributed by atoms with van der Waals surface area (Å²) in [6.45, 7) is -1.70. The number of ether oxygens (including phenoxy) is 2. The molecule has 0 spiro atoms. The SMILES string of the molecule is O=C1OC(C(=O)N2CCC2)CN1Cc1cncc(-c2ccc(F)c(OC(F)F)c2)n1. The van der Waals surface area contributed by atoms with E-state index >= 15 is 0 Å². The van der Waals surface area contributed by atoms with E-state index in [1.54, 1.807) is 4.90 Å². The predicted molar refractivity (Wildman–Crippen MR) is 95.9 cm³/mol. The quantitative estimate of drug-likeness (QED) is 0.711. The number of amides is 2. The standard InChI is InChI=1S/C19H17F3N4O4/c20-13-3-2-11(6-15(13)29-18(21)22)14-8-23-7-12(24-14)9-26-10-16(30-19(26)28)17(27)25-4-1-5-25/h2-3,6-8,16,18H,1,4-5,9-10H2. The second-order valence-electron chi connectivity index (χ2n) is 6.85. The fourth-order valence-corrected chi connectivity index (χ4v) is 3.17. The summed E-state index contributed by atoms with van der Waals surface area (Å²) >= 11 is 0. The van der Waals surface area contributed by atoms with E-state index in [-0.39, 0.29) is 24.7 Å². The second-order valence-corrected chi connectivity index (χ2v) is 6.85. The molecule has 3 heterocycles. The normalized spacial score (nSPS) is 18.4. The summed E-state index contributed by atoms with van der Waals surface area (Å²) < 4.78 is 47.8. The van der Waals surface area contributed by atoms with Gasteiger partial charge < -0.3 is 14.4 Å². The molecule has 1 aromatic carbocycles. The Morgan fingerprint density at radius 1 is 1.30 bits per heavy atom. The van der Waals surface area contributed by atoms with Crippen LogP contribution in [-0.2, 0) is 16.1 Å². The monoisotopic (exact) mass is 422 g/mol. The highest BCUT2D eigenvalue weighted by Crippen LogP contribution is 2.27. The molecule has 0 bridgehead atoms. The molecule has 0 N–H and O–H groups in total. The Bertz CT molecular complexity index is 971. The van der Waals surface area contributed by atoms with Crippen LogP contribution in [0, 0.1) is 5.82 Å². The molecule has 2 saturated heterocycles. The van der Waals surface area contributed by atoms with Gasteiger partial charge in [0.25, 0.3) is 5.91 Å². The third-order valence-electron chi connectivity index (χ3n) is 4.81. The van der Waals surface area contributed by atoms with Crippen LogP contribution in [0.2, 0.25) is 0 Å². The Labute approximate surface area is 169 Å². The molecule has 30 heavy (non-hydrogen) atoms. The number of rotatable bonds is 6. The minimum atomic E-state index is -3.17. The van der Waals surface area contributed by atoms with Crippen molar-refractivity contribution < 1.29 is 32.2 Å². The van der Waals surface area contributed by atoms with E-state index in [2.05, 4.69) is 14.7 Å². The highest BCUT2D eigenvalue weighted by Gasteiger charge is 2.39. The van der Waals surface area contributed by atoms with E-state index in [9.17, 15) is 22.8 Å². The lowest BCUT2D eigenvalue weighted by Crippen LogP contribution is -2.48. The molecule has 8 nitrogen and oxygen atoms in total. The molecule has 0 aliphatic carbocycles. The Kier molecular flexibility index (Phi) is 5.42. The molecule has 1 atom stereocenters. The van der Waals surface area contributed by atoms with E-state index < -0.39 is 30.4 Å². The van der Waals surface area contributed by atoms with Gasteiger partial charge in [0, 0.05) is 18.7 Å². The second kappa shape index (κ2) is 8.17. The van der Waals surface area contributed by atoms with E-state index in [1.165, 1.54) is 23.4 Å². The average molecular weight is 422 g/mol. The molecule has 2 fully saturated rings. The lowest BCUT2D eigenvalue weighted by Gasteiger charge is -2.32. The first-order valence-corrected chi connectivity index (χ1v) is 9.20. The predicted octanol–water partition coefficient (Wildman–Crippen LogP) is 2.44. The van der Waals surface area contributed by atoms with Gasteiger partial charge in [0.1, 0.15) is 0 Å². The highest BCUT2D eigenvalue weighted by atomic mass is 19.3. The summed E-state index contributed by atoms with van der Waals surface area (Å²) in [6, 6.07) is 3.44. The Hall–Kier alpha value is -3.37. The minimum Gasteiger partial charge on any atom is -0.434 e. The molecule has 2 aromatic rings. The van der Waals surface area contributed by atoms with Crippen LogP contribution in [0.25, 0.3) is 11.3 Å². The van der Waals surface area contributed by atoms with Gasteiger partial charge in [0.05, 0.1) is 36.9 Å². The van der Waals surface area contributed by atoms with Crippen molar-refractivity contribution in [1.82, 2.24) is 19.8 Å². The van der Waals surface area contributed by atoms with Crippen molar-refractivity contribution in [2.24, 2.45) is 0 Å². The van der Waals surface area contributed by atoms with Crippen molar-refractivity contribution in [1.29, 1.82) is 0 Å². The molecule has 4 rings (SSSR count).